The Kier molecular flexibility index (Phi) is 3.80. The zero-order chi connectivity index (χ0) is 13.6. The molecule has 0 bridgehead atoms. The molecule has 0 amide bonds. The Morgan fingerprint density at radius 2 is 2.06 bits per heavy atom. The van der Waals surface area contributed by atoms with E-state index in [-0.39, 0.29) is 10.3 Å². The van der Waals surface area contributed by atoms with Crippen molar-refractivity contribution in [1.29, 1.82) is 0 Å². The molecule has 1 aliphatic heterocycles. The maximum atomic E-state index is 12.4. The standard InChI is InChI=1S/C12H15BrClNO2S/c1-12(2)5-6-15(8-12)18(16,17)9-3-4-11(14)10(13)7-9/h3-4,7H,5-6,8H2,1-2H3. The topological polar surface area (TPSA) is 37.4 Å². The smallest absolute Gasteiger partial charge is 0.207 e. The molecule has 1 aromatic rings. The van der Waals surface area contributed by atoms with E-state index in [0.29, 0.717) is 22.6 Å². The monoisotopic (exact) mass is 351 g/mol. The van der Waals surface area contributed by atoms with Crippen LogP contribution in [0.3, 0.4) is 0 Å². The predicted molar refractivity (Wildman–Crippen MR) is 76.3 cm³/mol. The number of benzene rings is 1. The van der Waals surface area contributed by atoms with Gasteiger partial charge < -0.3 is 0 Å². The van der Waals surface area contributed by atoms with Gasteiger partial charge in [0.1, 0.15) is 0 Å². The van der Waals surface area contributed by atoms with Gasteiger partial charge in [-0.1, -0.05) is 25.4 Å². The highest BCUT2D eigenvalue weighted by Gasteiger charge is 2.36. The van der Waals surface area contributed by atoms with E-state index >= 15 is 0 Å². The van der Waals surface area contributed by atoms with Gasteiger partial charge in [0.2, 0.25) is 10.0 Å². The van der Waals surface area contributed by atoms with E-state index < -0.39 is 10.0 Å². The molecular formula is C12H15BrClNO2S. The first kappa shape index (κ1) is 14.3. The first-order valence-electron chi connectivity index (χ1n) is 5.68. The third-order valence-corrected chi connectivity index (χ3v) is 6.23. The van der Waals surface area contributed by atoms with Gasteiger partial charge in [0, 0.05) is 17.6 Å². The minimum atomic E-state index is -3.40. The SMILES string of the molecule is CC1(C)CCN(S(=O)(=O)c2ccc(Cl)c(Br)c2)C1. The molecule has 0 unspecified atom stereocenters. The van der Waals surface area contributed by atoms with E-state index in [4.69, 9.17) is 11.6 Å². The summed E-state index contributed by atoms with van der Waals surface area (Å²) in [5, 5.41) is 0.510. The van der Waals surface area contributed by atoms with Gasteiger partial charge in [-0.25, -0.2) is 8.42 Å². The number of rotatable bonds is 2. The molecule has 0 saturated carbocycles. The molecule has 0 radical (unpaired) electrons. The van der Waals surface area contributed by atoms with Crippen molar-refractivity contribution in [3.8, 4) is 0 Å². The molecule has 0 aliphatic carbocycles. The molecule has 0 spiro atoms. The number of hydrogen-bond acceptors (Lipinski definition) is 2. The molecule has 1 fully saturated rings. The van der Waals surface area contributed by atoms with Gasteiger partial charge >= 0.3 is 0 Å². The second-order valence-corrected chi connectivity index (χ2v) is 8.53. The summed E-state index contributed by atoms with van der Waals surface area (Å²) in [7, 11) is -3.40. The molecule has 18 heavy (non-hydrogen) atoms. The first-order valence-corrected chi connectivity index (χ1v) is 8.29. The molecule has 3 nitrogen and oxygen atoms in total. The van der Waals surface area contributed by atoms with Crippen molar-refractivity contribution in [2.45, 2.75) is 25.2 Å². The van der Waals surface area contributed by atoms with Gasteiger partial charge in [-0.15, -0.1) is 0 Å². The van der Waals surface area contributed by atoms with Gasteiger partial charge in [-0.2, -0.15) is 4.31 Å². The summed E-state index contributed by atoms with van der Waals surface area (Å²) in [5.41, 5.74) is 0.0523. The average Bonchev–Trinajstić information content (AvgIpc) is 2.63. The van der Waals surface area contributed by atoms with Crippen LogP contribution in [0.15, 0.2) is 27.6 Å². The number of nitrogens with zero attached hydrogens (tertiary/aromatic N) is 1. The lowest BCUT2D eigenvalue weighted by molar-refractivity contribution is 0.375. The average molecular weight is 353 g/mol. The van der Waals surface area contributed by atoms with Crippen LogP contribution in [-0.4, -0.2) is 25.8 Å². The molecule has 6 heteroatoms. The van der Waals surface area contributed by atoms with E-state index in [1.165, 1.54) is 0 Å². The fourth-order valence-electron chi connectivity index (χ4n) is 2.05. The van der Waals surface area contributed by atoms with Crippen LogP contribution in [0.25, 0.3) is 0 Å². The predicted octanol–water partition coefficient (Wildman–Crippen LogP) is 3.52. The Hall–Kier alpha value is -0.100. The van der Waals surface area contributed by atoms with Crippen molar-refractivity contribution in [3.05, 3.63) is 27.7 Å². The zero-order valence-corrected chi connectivity index (χ0v) is 13.4. The Bertz CT molecular complexity index is 571. The van der Waals surface area contributed by atoms with E-state index in [9.17, 15) is 8.42 Å². The molecule has 100 valence electrons. The van der Waals surface area contributed by atoms with Crippen LogP contribution in [0.5, 0.6) is 0 Å². The summed E-state index contributed by atoms with van der Waals surface area (Å²) in [6.07, 6.45) is 0.890. The molecule has 1 saturated heterocycles. The largest absolute Gasteiger partial charge is 0.243 e. The molecule has 2 rings (SSSR count). The number of hydrogen-bond donors (Lipinski definition) is 0. The van der Waals surface area contributed by atoms with Gasteiger partial charge in [-0.05, 0) is 46.0 Å². The lowest BCUT2D eigenvalue weighted by atomic mass is 9.93. The van der Waals surface area contributed by atoms with Crippen LogP contribution in [0.4, 0.5) is 0 Å². The highest BCUT2D eigenvalue weighted by atomic mass is 79.9. The second-order valence-electron chi connectivity index (χ2n) is 5.33. The van der Waals surface area contributed by atoms with Crippen molar-refractivity contribution in [2.75, 3.05) is 13.1 Å². The highest BCUT2D eigenvalue weighted by molar-refractivity contribution is 9.10. The van der Waals surface area contributed by atoms with E-state index in [1.54, 1.807) is 22.5 Å². The lowest BCUT2D eigenvalue weighted by Gasteiger charge is -2.19. The van der Waals surface area contributed by atoms with Gasteiger partial charge in [-0.3, -0.25) is 0 Å². The summed E-state index contributed by atoms with van der Waals surface area (Å²) in [6.45, 7) is 5.31. The molecule has 0 atom stereocenters. The fraction of sp³-hybridized carbons (Fsp3) is 0.500. The van der Waals surface area contributed by atoms with Crippen LogP contribution in [0.1, 0.15) is 20.3 Å². The molecule has 1 heterocycles. The van der Waals surface area contributed by atoms with Crippen LogP contribution < -0.4 is 0 Å². The Balaban J connectivity index is 2.34. The van der Waals surface area contributed by atoms with Crippen molar-refractivity contribution >= 4 is 37.6 Å². The fourth-order valence-corrected chi connectivity index (χ4v) is 4.36. The van der Waals surface area contributed by atoms with Crippen LogP contribution >= 0.6 is 27.5 Å². The van der Waals surface area contributed by atoms with Crippen molar-refractivity contribution in [3.63, 3.8) is 0 Å². The summed E-state index contributed by atoms with van der Waals surface area (Å²) >= 11 is 9.14. The van der Waals surface area contributed by atoms with E-state index in [2.05, 4.69) is 29.8 Å². The summed E-state index contributed by atoms with van der Waals surface area (Å²) < 4.78 is 27.0. The summed E-state index contributed by atoms with van der Waals surface area (Å²) in [5.74, 6) is 0. The van der Waals surface area contributed by atoms with E-state index in [0.717, 1.165) is 6.42 Å². The number of sulfonamides is 1. The summed E-state index contributed by atoms with van der Waals surface area (Å²) in [6, 6.07) is 4.70. The van der Waals surface area contributed by atoms with Gasteiger partial charge in [0.05, 0.1) is 9.92 Å². The Morgan fingerprint density at radius 1 is 1.39 bits per heavy atom. The molecule has 0 N–H and O–H groups in total. The molecule has 1 aromatic carbocycles. The number of halogens is 2. The van der Waals surface area contributed by atoms with Crippen LogP contribution in [-0.2, 0) is 10.0 Å². The molecule has 1 aliphatic rings. The molecule has 0 aromatic heterocycles. The van der Waals surface area contributed by atoms with Crippen molar-refractivity contribution in [2.24, 2.45) is 5.41 Å². The normalized spacial score (nSPS) is 20.2. The Morgan fingerprint density at radius 3 is 2.56 bits per heavy atom. The minimum absolute atomic E-state index is 0.0523. The van der Waals surface area contributed by atoms with Crippen molar-refractivity contribution in [1.82, 2.24) is 4.31 Å². The lowest BCUT2D eigenvalue weighted by Crippen LogP contribution is -2.30. The van der Waals surface area contributed by atoms with Gasteiger partial charge in [0.15, 0.2) is 0 Å². The molecular weight excluding hydrogens is 338 g/mol. The highest BCUT2D eigenvalue weighted by Crippen LogP contribution is 2.34. The minimum Gasteiger partial charge on any atom is -0.207 e. The Labute approximate surface area is 121 Å². The summed E-state index contributed by atoms with van der Waals surface area (Å²) in [4.78, 5) is 0.288. The first-order chi connectivity index (χ1) is 8.22. The third-order valence-electron chi connectivity index (χ3n) is 3.17. The van der Waals surface area contributed by atoms with Crippen LogP contribution in [0.2, 0.25) is 5.02 Å². The maximum absolute atomic E-state index is 12.4. The maximum Gasteiger partial charge on any atom is 0.243 e. The third kappa shape index (κ3) is 2.74. The van der Waals surface area contributed by atoms with E-state index in [1.807, 2.05) is 0 Å². The quantitative estimate of drug-likeness (QED) is 0.816. The van der Waals surface area contributed by atoms with Gasteiger partial charge in [0.25, 0.3) is 0 Å². The van der Waals surface area contributed by atoms with Crippen LogP contribution in [0, 0.1) is 5.41 Å². The second kappa shape index (κ2) is 4.78. The zero-order valence-electron chi connectivity index (χ0n) is 10.3. The van der Waals surface area contributed by atoms with Crippen molar-refractivity contribution < 1.29 is 8.42 Å².